The molecule has 0 aliphatic carbocycles. The van der Waals surface area contributed by atoms with E-state index in [0.717, 1.165) is 18.1 Å². The van der Waals surface area contributed by atoms with Crippen molar-refractivity contribution in [3.05, 3.63) is 107 Å². The van der Waals surface area contributed by atoms with E-state index in [2.05, 4.69) is 64.2 Å². The standard InChI is InChI=1S/C26H30N4O/c1-27-26(28-18-20-14-16-23(17-15-20)25(31)30(2)3)29-19-24(21-10-6-4-7-11-21)22-12-8-5-9-13-22/h4-17,24H,18-19H2,1-3H3,(H2,27,28,29). The maximum absolute atomic E-state index is 12.0. The highest BCUT2D eigenvalue weighted by Crippen LogP contribution is 2.23. The van der Waals surface area contributed by atoms with E-state index in [4.69, 9.17) is 0 Å². The number of amides is 1. The largest absolute Gasteiger partial charge is 0.355 e. The Kier molecular flexibility index (Phi) is 7.82. The summed E-state index contributed by atoms with van der Waals surface area (Å²) in [6.07, 6.45) is 0. The molecule has 0 heterocycles. The zero-order valence-corrected chi connectivity index (χ0v) is 18.4. The molecule has 0 spiro atoms. The molecule has 5 nitrogen and oxygen atoms in total. The first kappa shape index (κ1) is 22.1. The molecule has 0 aromatic heterocycles. The lowest BCUT2D eigenvalue weighted by Crippen LogP contribution is -2.39. The van der Waals surface area contributed by atoms with Gasteiger partial charge in [-0.3, -0.25) is 9.79 Å². The van der Waals surface area contributed by atoms with Gasteiger partial charge in [0.05, 0.1) is 0 Å². The highest BCUT2D eigenvalue weighted by Gasteiger charge is 2.14. The fourth-order valence-electron chi connectivity index (χ4n) is 3.43. The summed E-state index contributed by atoms with van der Waals surface area (Å²) in [6.45, 7) is 1.35. The molecular formula is C26H30N4O. The number of benzene rings is 3. The Balaban J connectivity index is 1.62. The van der Waals surface area contributed by atoms with Crippen molar-refractivity contribution < 1.29 is 4.79 Å². The monoisotopic (exact) mass is 414 g/mol. The fraction of sp³-hybridized carbons (Fsp3) is 0.231. The van der Waals surface area contributed by atoms with Crippen LogP contribution in [0.1, 0.15) is 33.0 Å². The number of hydrogen-bond acceptors (Lipinski definition) is 2. The van der Waals surface area contributed by atoms with Crippen LogP contribution in [-0.2, 0) is 6.54 Å². The van der Waals surface area contributed by atoms with E-state index in [9.17, 15) is 4.79 Å². The van der Waals surface area contributed by atoms with Gasteiger partial charge in [0.15, 0.2) is 5.96 Å². The molecule has 3 aromatic carbocycles. The Morgan fingerprint density at radius 1 is 0.839 bits per heavy atom. The summed E-state index contributed by atoms with van der Waals surface area (Å²) in [5.41, 5.74) is 4.29. The Labute approximate surface area is 184 Å². The molecule has 5 heteroatoms. The summed E-state index contributed by atoms with van der Waals surface area (Å²) in [5, 5.41) is 6.82. The molecule has 3 aromatic rings. The van der Waals surface area contributed by atoms with Crippen LogP contribution in [0.4, 0.5) is 0 Å². The van der Waals surface area contributed by atoms with Crippen molar-refractivity contribution >= 4 is 11.9 Å². The summed E-state index contributed by atoms with van der Waals surface area (Å²) in [7, 11) is 5.28. The summed E-state index contributed by atoms with van der Waals surface area (Å²) in [6, 6.07) is 28.6. The summed E-state index contributed by atoms with van der Waals surface area (Å²) < 4.78 is 0. The predicted octanol–water partition coefficient (Wildman–Crippen LogP) is 3.89. The molecule has 31 heavy (non-hydrogen) atoms. The summed E-state index contributed by atoms with van der Waals surface area (Å²) in [5.74, 6) is 0.965. The Hall–Kier alpha value is -3.60. The number of nitrogens with one attached hydrogen (secondary N) is 2. The molecule has 0 saturated heterocycles. The Morgan fingerprint density at radius 2 is 1.39 bits per heavy atom. The molecule has 0 aliphatic heterocycles. The van der Waals surface area contributed by atoms with E-state index in [0.29, 0.717) is 12.1 Å². The van der Waals surface area contributed by atoms with Crippen LogP contribution in [0.3, 0.4) is 0 Å². The first-order valence-corrected chi connectivity index (χ1v) is 10.4. The van der Waals surface area contributed by atoms with Gasteiger partial charge in [-0.05, 0) is 28.8 Å². The van der Waals surface area contributed by atoms with Crippen LogP contribution in [0.5, 0.6) is 0 Å². The van der Waals surface area contributed by atoms with Crippen LogP contribution < -0.4 is 10.6 Å². The van der Waals surface area contributed by atoms with E-state index in [1.165, 1.54) is 11.1 Å². The van der Waals surface area contributed by atoms with Gasteiger partial charge in [0.1, 0.15) is 0 Å². The third-order valence-electron chi connectivity index (χ3n) is 5.17. The minimum atomic E-state index is 0.00449. The van der Waals surface area contributed by atoms with Crippen LogP contribution in [-0.4, -0.2) is 44.5 Å². The Bertz CT molecular complexity index is 943. The van der Waals surface area contributed by atoms with Crippen LogP contribution in [0.2, 0.25) is 0 Å². The molecule has 0 bridgehead atoms. The third kappa shape index (κ3) is 6.19. The number of guanidine groups is 1. The topological polar surface area (TPSA) is 56.7 Å². The van der Waals surface area contributed by atoms with E-state index in [1.807, 2.05) is 36.4 Å². The van der Waals surface area contributed by atoms with Crippen LogP contribution in [0.25, 0.3) is 0 Å². The van der Waals surface area contributed by atoms with Crippen molar-refractivity contribution in [1.82, 2.24) is 15.5 Å². The fourth-order valence-corrected chi connectivity index (χ4v) is 3.43. The lowest BCUT2D eigenvalue weighted by Gasteiger charge is -2.20. The summed E-state index contributed by atoms with van der Waals surface area (Å²) in [4.78, 5) is 18.0. The van der Waals surface area contributed by atoms with Crippen molar-refractivity contribution in [2.24, 2.45) is 4.99 Å². The number of carbonyl (C=O) groups is 1. The van der Waals surface area contributed by atoms with Gasteiger partial charge in [0.25, 0.3) is 5.91 Å². The average molecular weight is 415 g/mol. The van der Waals surface area contributed by atoms with E-state index < -0.39 is 0 Å². The molecular weight excluding hydrogens is 384 g/mol. The van der Waals surface area contributed by atoms with E-state index in [-0.39, 0.29) is 11.8 Å². The van der Waals surface area contributed by atoms with E-state index >= 15 is 0 Å². The minimum absolute atomic E-state index is 0.00449. The van der Waals surface area contributed by atoms with Gasteiger partial charge < -0.3 is 15.5 Å². The highest BCUT2D eigenvalue weighted by molar-refractivity contribution is 5.93. The lowest BCUT2D eigenvalue weighted by molar-refractivity contribution is 0.0827. The average Bonchev–Trinajstić information content (AvgIpc) is 2.82. The van der Waals surface area contributed by atoms with Crippen molar-refractivity contribution in [2.75, 3.05) is 27.7 Å². The second-order valence-electron chi connectivity index (χ2n) is 7.58. The SMILES string of the molecule is CN=C(NCc1ccc(C(=O)N(C)C)cc1)NCC(c1ccccc1)c1ccccc1. The molecule has 0 saturated carbocycles. The van der Waals surface area contributed by atoms with Crippen LogP contribution in [0, 0.1) is 0 Å². The molecule has 0 atom stereocenters. The molecule has 3 rings (SSSR count). The van der Waals surface area contributed by atoms with Crippen LogP contribution in [0.15, 0.2) is 89.9 Å². The van der Waals surface area contributed by atoms with Gasteiger partial charge in [-0.1, -0.05) is 72.8 Å². The third-order valence-corrected chi connectivity index (χ3v) is 5.17. The Morgan fingerprint density at radius 3 is 1.87 bits per heavy atom. The predicted molar refractivity (Wildman–Crippen MR) is 127 cm³/mol. The zero-order valence-electron chi connectivity index (χ0n) is 18.4. The van der Waals surface area contributed by atoms with Crippen LogP contribution >= 0.6 is 0 Å². The first-order chi connectivity index (χ1) is 15.1. The highest BCUT2D eigenvalue weighted by atomic mass is 16.2. The van der Waals surface area contributed by atoms with E-state index in [1.54, 1.807) is 26.0 Å². The van der Waals surface area contributed by atoms with Crippen molar-refractivity contribution in [3.63, 3.8) is 0 Å². The van der Waals surface area contributed by atoms with Crippen molar-refractivity contribution in [2.45, 2.75) is 12.5 Å². The number of rotatable bonds is 7. The number of carbonyl (C=O) groups excluding carboxylic acids is 1. The quantitative estimate of drug-likeness (QED) is 0.456. The number of aliphatic imine (C=N–C) groups is 1. The molecule has 0 unspecified atom stereocenters. The molecule has 1 amide bonds. The molecule has 0 aliphatic rings. The normalized spacial score (nSPS) is 11.3. The molecule has 0 fully saturated rings. The molecule has 0 radical (unpaired) electrons. The molecule has 160 valence electrons. The number of nitrogens with zero attached hydrogens (tertiary/aromatic N) is 2. The molecule has 2 N–H and O–H groups in total. The lowest BCUT2D eigenvalue weighted by atomic mass is 9.91. The van der Waals surface area contributed by atoms with Gasteiger partial charge >= 0.3 is 0 Å². The van der Waals surface area contributed by atoms with Gasteiger partial charge in [0.2, 0.25) is 0 Å². The second-order valence-corrected chi connectivity index (χ2v) is 7.58. The van der Waals surface area contributed by atoms with Crippen molar-refractivity contribution in [1.29, 1.82) is 0 Å². The zero-order chi connectivity index (χ0) is 22.1. The minimum Gasteiger partial charge on any atom is -0.355 e. The van der Waals surface area contributed by atoms with Gasteiger partial charge in [-0.2, -0.15) is 0 Å². The maximum atomic E-state index is 12.0. The van der Waals surface area contributed by atoms with Gasteiger partial charge in [-0.15, -0.1) is 0 Å². The smallest absolute Gasteiger partial charge is 0.253 e. The second kappa shape index (κ2) is 11.0. The van der Waals surface area contributed by atoms with Crippen molar-refractivity contribution in [3.8, 4) is 0 Å². The van der Waals surface area contributed by atoms with Gasteiger partial charge in [0, 0.05) is 45.7 Å². The van der Waals surface area contributed by atoms with Gasteiger partial charge in [-0.25, -0.2) is 0 Å². The number of hydrogen-bond donors (Lipinski definition) is 2. The summed E-state index contributed by atoms with van der Waals surface area (Å²) >= 11 is 0. The maximum Gasteiger partial charge on any atom is 0.253 e. The first-order valence-electron chi connectivity index (χ1n) is 10.4.